The molecule has 3 N–H and O–H groups in total. The smallest absolute Gasteiger partial charge is 0.125 e. The summed E-state index contributed by atoms with van der Waals surface area (Å²) in [5.74, 6) is 0.771. The third-order valence-corrected chi connectivity index (χ3v) is 2.99. The maximum atomic E-state index is 9.21. The predicted octanol–water partition coefficient (Wildman–Crippen LogP) is 1.16. The standard InChI is InChI=1S/C14H24N2O3/c1-11(15)14-12(5-4-6-13(14)19-3)16(7-9-17)8-10-18-2/h4-6,11,17H,7-10,15H2,1-3H3/t11-/m1/s1. The Labute approximate surface area is 114 Å². The summed E-state index contributed by atoms with van der Waals surface area (Å²) in [6, 6.07) is 5.68. The van der Waals surface area contributed by atoms with E-state index in [1.165, 1.54) is 0 Å². The largest absolute Gasteiger partial charge is 0.496 e. The van der Waals surface area contributed by atoms with Crippen LogP contribution in [0.1, 0.15) is 18.5 Å². The maximum Gasteiger partial charge on any atom is 0.125 e. The zero-order chi connectivity index (χ0) is 14.3. The van der Waals surface area contributed by atoms with Crippen molar-refractivity contribution >= 4 is 5.69 Å². The average molecular weight is 268 g/mol. The van der Waals surface area contributed by atoms with Crippen molar-refractivity contribution in [3.63, 3.8) is 0 Å². The summed E-state index contributed by atoms with van der Waals surface area (Å²) in [5, 5.41) is 9.21. The molecule has 0 heterocycles. The topological polar surface area (TPSA) is 68.0 Å². The van der Waals surface area contributed by atoms with Crippen LogP contribution in [-0.4, -0.2) is 45.6 Å². The summed E-state index contributed by atoms with van der Waals surface area (Å²) < 4.78 is 10.5. The lowest BCUT2D eigenvalue weighted by molar-refractivity contribution is 0.203. The summed E-state index contributed by atoms with van der Waals surface area (Å²) in [7, 11) is 3.30. The van der Waals surface area contributed by atoms with Gasteiger partial charge in [-0.2, -0.15) is 0 Å². The van der Waals surface area contributed by atoms with Gasteiger partial charge < -0.3 is 25.2 Å². The molecule has 0 aromatic heterocycles. The normalized spacial score (nSPS) is 12.3. The van der Waals surface area contributed by atoms with Crippen LogP contribution in [0.25, 0.3) is 0 Å². The highest BCUT2D eigenvalue weighted by Gasteiger charge is 2.17. The van der Waals surface area contributed by atoms with Gasteiger partial charge in [-0.1, -0.05) is 6.07 Å². The van der Waals surface area contributed by atoms with Gasteiger partial charge in [0.25, 0.3) is 0 Å². The van der Waals surface area contributed by atoms with Crippen molar-refractivity contribution in [2.75, 3.05) is 45.4 Å². The Hall–Kier alpha value is -1.30. The quantitative estimate of drug-likeness (QED) is 0.740. The average Bonchev–Trinajstić information content (AvgIpc) is 2.42. The van der Waals surface area contributed by atoms with Gasteiger partial charge in [0.05, 0.1) is 20.3 Å². The molecule has 0 unspecified atom stereocenters. The molecule has 1 atom stereocenters. The molecule has 0 saturated heterocycles. The minimum absolute atomic E-state index is 0.0827. The Balaban J connectivity index is 3.13. The van der Waals surface area contributed by atoms with Crippen molar-refractivity contribution < 1.29 is 14.6 Å². The summed E-state index contributed by atoms with van der Waals surface area (Å²) in [6.07, 6.45) is 0. The first-order chi connectivity index (χ1) is 9.15. The number of ether oxygens (including phenoxy) is 2. The lowest BCUT2D eigenvalue weighted by Crippen LogP contribution is -2.31. The molecule has 0 amide bonds. The molecule has 0 fully saturated rings. The second-order valence-electron chi connectivity index (χ2n) is 4.39. The van der Waals surface area contributed by atoms with E-state index in [0.717, 1.165) is 17.0 Å². The lowest BCUT2D eigenvalue weighted by atomic mass is 10.0. The second-order valence-corrected chi connectivity index (χ2v) is 4.39. The Morgan fingerprint density at radius 2 is 2.05 bits per heavy atom. The molecular weight excluding hydrogens is 244 g/mol. The van der Waals surface area contributed by atoms with E-state index >= 15 is 0 Å². The minimum Gasteiger partial charge on any atom is -0.496 e. The van der Waals surface area contributed by atoms with Crippen LogP contribution in [0.4, 0.5) is 5.69 Å². The highest BCUT2D eigenvalue weighted by molar-refractivity contribution is 5.60. The molecule has 5 nitrogen and oxygen atoms in total. The zero-order valence-electron chi connectivity index (χ0n) is 11.9. The van der Waals surface area contributed by atoms with E-state index in [-0.39, 0.29) is 12.6 Å². The molecule has 0 saturated carbocycles. The van der Waals surface area contributed by atoms with Crippen LogP contribution in [0.2, 0.25) is 0 Å². The molecular formula is C14H24N2O3. The van der Waals surface area contributed by atoms with Gasteiger partial charge in [-0.15, -0.1) is 0 Å². The number of hydrogen-bond acceptors (Lipinski definition) is 5. The van der Waals surface area contributed by atoms with Crippen LogP contribution in [-0.2, 0) is 4.74 Å². The first-order valence-corrected chi connectivity index (χ1v) is 6.42. The van der Waals surface area contributed by atoms with Gasteiger partial charge in [0.15, 0.2) is 0 Å². The SMILES string of the molecule is COCCN(CCO)c1cccc(OC)c1[C@@H](C)N. The van der Waals surface area contributed by atoms with E-state index in [4.69, 9.17) is 15.2 Å². The molecule has 0 aliphatic rings. The van der Waals surface area contributed by atoms with E-state index in [1.54, 1.807) is 14.2 Å². The van der Waals surface area contributed by atoms with Crippen LogP contribution < -0.4 is 15.4 Å². The van der Waals surface area contributed by atoms with Crippen molar-refractivity contribution in [1.82, 2.24) is 0 Å². The van der Waals surface area contributed by atoms with Gasteiger partial charge in [-0.05, 0) is 19.1 Å². The Kier molecular flexibility index (Phi) is 6.62. The second kappa shape index (κ2) is 7.99. The fourth-order valence-electron chi connectivity index (χ4n) is 2.12. The van der Waals surface area contributed by atoms with Crippen LogP contribution >= 0.6 is 0 Å². The van der Waals surface area contributed by atoms with Gasteiger partial charge in [-0.3, -0.25) is 0 Å². The van der Waals surface area contributed by atoms with Gasteiger partial charge in [-0.25, -0.2) is 0 Å². The number of nitrogens with zero attached hydrogens (tertiary/aromatic N) is 1. The number of aliphatic hydroxyl groups excluding tert-OH is 1. The molecule has 1 rings (SSSR count). The van der Waals surface area contributed by atoms with E-state index in [0.29, 0.717) is 19.7 Å². The fourth-order valence-corrected chi connectivity index (χ4v) is 2.12. The third-order valence-electron chi connectivity index (χ3n) is 2.99. The molecule has 0 spiro atoms. The lowest BCUT2D eigenvalue weighted by Gasteiger charge is -2.28. The summed E-state index contributed by atoms with van der Waals surface area (Å²) >= 11 is 0. The molecule has 0 radical (unpaired) electrons. The number of nitrogens with two attached hydrogens (primary N) is 1. The van der Waals surface area contributed by atoms with Crippen molar-refractivity contribution in [2.45, 2.75) is 13.0 Å². The third kappa shape index (κ3) is 4.09. The number of methoxy groups -OCH3 is 2. The molecule has 5 heteroatoms. The van der Waals surface area contributed by atoms with E-state index in [2.05, 4.69) is 4.90 Å². The molecule has 0 aliphatic carbocycles. The van der Waals surface area contributed by atoms with Crippen LogP contribution in [0.5, 0.6) is 5.75 Å². The Morgan fingerprint density at radius 1 is 1.32 bits per heavy atom. The maximum absolute atomic E-state index is 9.21. The summed E-state index contributed by atoms with van der Waals surface area (Å²) in [4.78, 5) is 2.06. The molecule has 108 valence electrons. The highest BCUT2D eigenvalue weighted by atomic mass is 16.5. The number of anilines is 1. The molecule has 1 aromatic rings. The number of hydrogen-bond donors (Lipinski definition) is 2. The fraction of sp³-hybridized carbons (Fsp3) is 0.571. The minimum atomic E-state index is -0.144. The monoisotopic (exact) mass is 268 g/mol. The van der Waals surface area contributed by atoms with Crippen molar-refractivity contribution in [2.24, 2.45) is 5.73 Å². The van der Waals surface area contributed by atoms with E-state index in [1.807, 2.05) is 25.1 Å². The first-order valence-electron chi connectivity index (χ1n) is 6.42. The Bertz CT molecular complexity index is 383. The Morgan fingerprint density at radius 3 is 2.58 bits per heavy atom. The molecule has 0 bridgehead atoms. The van der Waals surface area contributed by atoms with Crippen LogP contribution in [0.15, 0.2) is 18.2 Å². The van der Waals surface area contributed by atoms with Gasteiger partial charge >= 0.3 is 0 Å². The number of aliphatic hydroxyl groups is 1. The van der Waals surface area contributed by atoms with E-state index < -0.39 is 0 Å². The van der Waals surface area contributed by atoms with Gasteiger partial charge in [0, 0.05) is 37.5 Å². The van der Waals surface area contributed by atoms with Gasteiger partial charge in [0.2, 0.25) is 0 Å². The van der Waals surface area contributed by atoms with Crippen LogP contribution in [0, 0.1) is 0 Å². The summed E-state index contributed by atoms with van der Waals surface area (Å²) in [6.45, 7) is 3.84. The zero-order valence-corrected chi connectivity index (χ0v) is 11.9. The van der Waals surface area contributed by atoms with Crippen molar-refractivity contribution in [1.29, 1.82) is 0 Å². The van der Waals surface area contributed by atoms with Crippen LogP contribution in [0.3, 0.4) is 0 Å². The van der Waals surface area contributed by atoms with E-state index in [9.17, 15) is 5.11 Å². The molecule has 0 aliphatic heterocycles. The molecule has 1 aromatic carbocycles. The predicted molar refractivity (Wildman–Crippen MR) is 76.8 cm³/mol. The highest BCUT2D eigenvalue weighted by Crippen LogP contribution is 2.33. The first kappa shape index (κ1) is 15.8. The molecule has 19 heavy (non-hydrogen) atoms. The van der Waals surface area contributed by atoms with Crippen molar-refractivity contribution in [3.8, 4) is 5.75 Å². The summed E-state index contributed by atoms with van der Waals surface area (Å²) in [5.41, 5.74) is 7.99. The number of benzene rings is 1. The number of rotatable bonds is 8. The van der Waals surface area contributed by atoms with Crippen molar-refractivity contribution in [3.05, 3.63) is 23.8 Å². The van der Waals surface area contributed by atoms with Gasteiger partial charge in [0.1, 0.15) is 5.75 Å².